The summed E-state index contributed by atoms with van der Waals surface area (Å²) in [6.45, 7) is 6.42. The maximum absolute atomic E-state index is 13.1. The van der Waals surface area contributed by atoms with E-state index in [1.165, 1.54) is 12.1 Å². The zero-order valence-electron chi connectivity index (χ0n) is 12.0. The van der Waals surface area contributed by atoms with Crippen LogP contribution in [0.15, 0.2) is 36.5 Å². The number of halogens is 1. The molecule has 0 spiro atoms. The minimum atomic E-state index is -0.212. The molecule has 3 nitrogen and oxygen atoms in total. The summed E-state index contributed by atoms with van der Waals surface area (Å²) >= 11 is 0. The topological polar surface area (TPSA) is 34.2 Å². The zero-order valence-corrected chi connectivity index (χ0v) is 12.0. The van der Waals surface area contributed by atoms with E-state index in [4.69, 9.17) is 4.74 Å². The van der Waals surface area contributed by atoms with Gasteiger partial charge in [0, 0.05) is 12.7 Å². The van der Waals surface area contributed by atoms with Gasteiger partial charge in [-0.25, -0.2) is 9.37 Å². The first-order chi connectivity index (χ1) is 9.56. The van der Waals surface area contributed by atoms with Crippen LogP contribution in [-0.2, 0) is 6.54 Å². The van der Waals surface area contributed by atoms with Gasteiger partial charge in [0.1, 0.15) is 5.82 Å². The van der Waals surface area contributed by atoms with E-state index in [1.807, 2.05) is 32.9 Å². The molecule has 0 aliphatic rings. The molecule has 0 radical (unpaired) electrons. The Balaban J connectivity index is 2.10. The van der Waals surface area contributed by atoms with Crippen LogP contribution in [-0.4, -0.2) is 11.1 Å². The van der Waals surface area contributed by atoms with E-state index in [1.54, 1.807) is 12.3 Å². The Kier molecular flexibility index (Phi) is 4.56. The Hall–Kier alpha value is -2.10. The van der Waals surface area contributed by atoms with Crippen LogP contribution in [0.25, 0.3) is 0 Å². The van der Waals surface area contributed by atoms with Crippen molar-refractivity contribution in [3.8, 4) is 5.88 Å². The third-order valence-corrected chi connectivity index (χ3v) is 2.89. The smallest absolute Gasteiger partial charge is 0.237 e. The minimum absolute atomic E-state index is 0.0676. The largest absolute Gasteiger partial charge is 0.473 e. The number of ether oxygens (including phenoxy) is 1. The van der Waals surface area contributed by atoms with E-state index in [9.17, 15) is 4.39 Å². The molecular weight excluding hydrogens is 255 g/mol. The average molecular weight is 274 g/mol. The normalized spacial score (nSPS) is 10.7. The van der Waals surface area contributed by atoms with E-state index in [0.29, 0.717) is 12.4 Å². The van der Waals surface area contributed by atoms with Gasteiger partial charge in [-0.05, 0) is 56.2 Å². The van der Waals surface area contributed by atoms with Crippen molar-refractivity contribution in [2.24, 2.45) is 0 Å². The summed E-state index contributed by atoms with van der Waals surface area (Å²) in [5.74, 6) is 0.374. The predicted octanol–water partition coefficient (Wildman–Crippen LogP) is 3.93. The molecule has 20 heavy (non-hydrogen) atoms. The predicted molar refractivity (Wildman–Crippen MR) is 78.5 cm³/mol. The number of pyridine rings is 1. The quantitative estimate of drug-likeness (QED) is 0.897. The SMILES string of the molecule is Cc1cc(F)ccc1CNc1cccnc1OC(C)C. The highest BCUT2D eigenvalue weighted by molar-refractivity contribution is 5.52. The standard InChI is InChI=1S/C16H19FN2O/c1-11(2)20-16-15(5-4-8-18-16)19-10-13-6-7-14(17)9-12(13)3/h4-9,11,19H,10H2,1-3H3. The van der Waals surface area contributed by atoms with E-state index in [-0.39, 0.29) is 11.9 Å². The van der Waals surface area contributed by atoms with E-state index < -0.39 is 0 Å². The lowest BCUT2D eigenvalue weighted by atomic mass is 10.1. The fourth-order valence-corrected chi connectivity index (χ4v) is 1.89. The van der Waals surface area contributed by atoms with Crippen LogP contribution in [0, 0.1) is 12.7 Å². The van der Waals surface area contributed by atoms with Gasteiger partial charge in [-0.3, -0.25) is 0 Å². The highest BCUT2D eigenvalue weighted by Gasteiger charge is 2.07. The number of nitrogens with one attached hydrogen (secondary N) is 1. The second kappa shape index (κ2) is 6.37. The van der Waals surface area contributed by atoms with Crippen molar-refractivity contribution >= 4 is 5.69 Å². The first kappa shape index (κ1) is 14.3. The third kappa shape index (κ3) is 3.70. The van der Waals surface area contributed by atoms with Crippen molar-refractivity contribution in [3.05, 3.63) is 53.5 Å². The van der Waals surface area contributed by atoms with E-state index in [2.05, 4.69) is 10.3 Å². The molecule has 0 saturated carbocycles. The monoisotopic (exact) mass is 274 g/mol. The molecule has 0 unspecified atom stereocenters. The number of aryl methyl sites for hydroxylation is 1. The molecule has 1 aromatic carbocycles. The highest BCUT2D eigenvalue weighted by atomic mass is 19.1. The summed E-state index contributed by atoms with van der Waals surface area (Å²) in [6, 6.07) is 8.57. The first-order valence-corrected chi connectivity index (χ1v) is 6.67. The van der Waals surface area contributed by atoms with Crippen LogP contribution in [0.4, 0.5) is 10.1 Å². The molecule has 1 aromatic heterocycles. The Morgan fingerprint density at radius 1 is 1.30 bits per heavy atom. The molecule has 4 heteroatoms. The van der Waals surface area contributed by atoms with Crippen LogP contribution >= 0.6 is 0 Å². The summed E-state index contributed by atoms with van der Waals surface area (Å²) < 4.78 is 18.7. The Bertz CT molecular complexity index is 584. The Morgan fingerprint density at radius 2 is 2.10 bits per heavy atom. The molecule has 1 N–H and O–H groups in total. The number of rotatable bonds is 5. The van der Waals surface area contributed by atoms with E-state index in [0.717, 1.165) is 16.8 Å². The van der Waals surface area contributed by atoms with Gasteiger partial charge in [0.05, 0.1) is 11.8 Å². The maximum Gasteiger partial charge on any atom is 0.237 e. The van der Waals surface area contributed by atoms with Gasteiger partial charge in [-0.1, -0.05) is 6.07 Å². The van der Waals surface area contributed by atoms with Gasteiger partial charge in [0.2, 0.25) is 5.88 Å². The van der Waals surface area contributed by atoms with Crippen molar-refractivity contribution in [2.75, 3.05) is 5.32 Å². The second-order valence-corrected chi connectivity index (χ2v) is 4.95. The van der Waals surface area contributed by atoms with Gasteiger partial charge in [-0.15, -0.1) is 0 Å². The lowest BCUT2D eigenvalue weighted by Crippen LogP contribution is -2.10. The molecule has 0 atom stereocenters. The van der Waals surface area contributed by atoms with Crippen molar-refractivity contribution in [3.63, 3.8) is 0 Å². The summed E-state index contributed by atoms with van der Waals surface area (Å²) in [6.07, 6.45) is 1.77. The molecule has 0 aliphatic heterocycles. The number of nitrogens with zero attached hydrogens (tertiary/aromatic N) is 1. The van der Waals surface area contributed by atoms with Gasteiger partial charge in [0.15, 0.2) is 0 Å². The average Bonchev–Trinajstić information content (AvgIpc) is 2.39. The van der Waals surface area contributed by atoms with Crippen LogP contribution in [0.2, 0.25) is 0 Å². The first-order valence-electron chi connectivity index (χ1n) is 6.67. The minimum Gasteiger partial charge on any atom is -0.473 e. The molecule has 1 heterocycles. The molecule has 0 saturated heterocycles. The fraction of sp³-hybridized carbons (Fsp3) is 0.312. The van der Waals surface area contributed by atoms with Gasteiger partial charge in [-0.2, -0.15) is 0 Å². The number of anilines is 1. The zero-order chi connectivity index (χ0) is 14.5. The molecule has 0 bridgehead atoms. The second-order valence-electron chi connectivity index (χ2n) is 4.95. The maximum atomic E-state index is 13.1. The fourth-order valence-electron chi connectivity index (χ4n) is 1.89. The number of benzene rings is 1. The van der Waals surface area contributed by atoms with Gasteiger partial charge in [0.25, 0.3) is 0 Å². The number of aromatic nitrogens is 1. The molecular formula is C16H19FN2O. The molecule has 2 rings (SSSR count). The molecule has 0 aliphatic carbocycles. The molecule has 2 aromatic rings. The van der Waals surface area contributed by atoms with E-state index >= 15 is 0 Å². The van der Waals surface area contributed by atoms with Crippen molar-refractivity contribution in [2.45, 2.75) is 33.4 Å². The van der Waals surface area contributed by atoms with Crippen LogP contribution in [0.3, 0.4) is 0 Å². The van der Waals surface area contributed by atoms with Crippen LogP contribution in [0.5, 0.6) is 5.88 Å². The highest BCUT2D eigenvalue weighted by Crippen LogP contribution is 2.23. The van der Waals surface area contributed by atoms with Crippen molar-refractivity contribution < 1.29 is 9.13 Å². The summed E-state index contributed by atoms with van der Waals surface area (Å²) in [4.78, 5) is 4.22. The molecule has 0 amide bonds. The summed E-state index contributed by atoms with van der Waals surface area (Å²) in [7, 11) is 0. The van der Waals surface area contributed by atoms with Crippen molar-refractivity contribution in [1.82, 2.24) is 4.98 Å². The van der Waals surface area contributed by atoms with Gasteiger partial charge < -0.3 is 10.1 Å². The summed E-state index contributed by atoms with van der Waals surface area (Å²) in [5, 5.41) is 3.29. The van der Waals surface area contributed by atoms with Crippen LogP contribution < -0.4 is 10.1 Å². The summed E-state index contributed by atoms with van der Waals surface area (Å²) in [5.41, 5.74) is 2.81. The Morgan fingerprint density at radius 3 is 2.80 bits per heavy atom. The number of hydrogen-bond donors (Lipinski definition) is 1. The van der Waals surface area contributed by atoms with Gasteiger partial charge >= 0.3 is 0 Å². The molecule has 106 valence electrons. The molecule has 0 fully saturated rings. The Labute approximate surface area is 118 Å². The third-order valence-electron chi connectivity index (χ3n) is 2.89. The lowest BCUT2D eigenvalue weighted by Gasteiger charge is -2.14. The lowest BCUT2D eigenvalue weighted by molar-refractivity contribution is 0.234. The van der Waals surface area contributed by atoms with Crippen LogP contribution in [0.1, 0.15) is 25.0 Å². The number of hydrogen-bond acceptors (Lipinski definition) is 3. The van der Waals surface area contributed by atoms with Crippen molar-refractivity contribution in [1.29, 1.82) is 0 Å².